The van der Waals surface area contributed by atoms with Crippen LogP contribution in [0.5, 0.6) is 0 Å². The van der Waals surface area contributed by atoms with Gasteiger partial charge in [0, 0.05) is 0 Å². The van der Waals surface area contributed by atoms with Gasteiger partial charge >= 0.3 is 0 Å². The SMILES string of the molecule is O=C(Cc1ccc(Cl)c(Cl)c1)NNC(=O)c1ccccc1F. The Morgan fingerprint density at radius 3 is 2.41 bits per heavy atom. The third-order valence-corrected chi connectivity index (χ3v) is 3.52. The van der Waals surface area contributed by atoms with Crippen LogP contribution >= 0.6 is 23.2 Å². The Balaban J connectivity index is 1.91. The summed E-state index contributed by atoms with van der Waals surface area (Å²) in [5.41, 5.74) is 4.83. The van der Waals surface area contributed by atoms with Gasteiger partial charge in [-0.2, -0.15) is 0 Å². The van der Waals surface area contributed by atoms with E-state index in [1.807, 2.05) is 0 Å². The molecule has 0 spiro atoms. The van der Waals surface area contributed by atoms with E-state index in [9.17, 15) is 14.0 Å². The van der Waals surface area contributed by atoms with Gasteiger partial charge in [-0.25, -0.2) is 4.39 Å². The molecular weight excluding hydrogens is 330 g/mol. The van der Waals surface area contributed by atoms with Crippen LogP contribution in [0.3, 0.4) is 0 Å². The molecule has 114 valence electrons. The highest BCUT2D eigenvalue weighted by molar-refractivity contribution is 6.42. The summed E-state index contributed by atoms with van der Waals surface area (Å²) in [5.74, 6) is -1.87. The van der Waals surface area contributed by atoms with E-state index in [-0.39, 0.29) is 12.0 Å². The molecular formula is C15H11Cl2FN2O2. The predicted molar refractivity (Wildman–Crippen MR) is 82.2 cm³/mol. The lowest BCUT2D eigenvalue weighted by Crippen LogP contribution is -2.42. The van der Waals surface area contributed by atoms with E-state index in [0.717, 1.165) is 6.07 Å². The topological polar surface area (TPSA) is 58.2 Å². The van der Waals surface area contributed by atoms with Gasteiger partial charge in [-0.05, 0) is 29.8 Å². The van der Waals surface area contributed by atoms with Gasteiger partial charge in [0.05, 0.1) is 22.0 Å². The Morgan fingerprint density at radius 2 is 1.73 bits per heavy atom. The largest absolute Gasteiger partial charge is 0.273 e. The van der Waals surface area contributed by atoms with Gasteiger partial charge < -0.3 is 0 Å². The number of hydrazine groups is 1. The van der Waals surface area contributed by atoms with E-state index in [0.29, 0.717) is 15.6 Å². The Hall–Kier alpha value is -2.11. The molecule has 0 saturated heterocycles. The molecule has 0 aliphatic heterocycles. The van der Waals surface area contributed by atoms with Crippen molar-refractivity contribution in [2.24, 2.45) is 0 Å². The lowest BCUT2D eigenvalue weighted by atomic mass is 10.1. The molecule has 0 aliphatic rings. The van der Waals surface area contributed by atoms with E-state index in [1.54, 1.807) is 18.2 Å². The molecule has 7 heteroatoms. The van der Waals surface area contributed by atoms with Gasteiger partial charge in [0.15, 0.2) is 0 Å². The Kier molecular flexibility index (Phi) is 5.35. The molecule has 0 radical (unpaired) electrons. The fourth-order valence-corrected chi connectivity index (χ4v) is 2.04. The van der Waals surface area contributed by atoms with Crippen molar-refractivity contribution in [2.75, 3.05) is 0 Å². The molecule has 2 N–H and O–H groups in total. The van der Waals surface area contributed by atoms with Gasteiger partial charge in [-0.3, -0.25) is 20.4 Å². The minimum absolute atomic E-state index is 0.00552. The first-order chi connectivity index (χ1) is 10.5. The maximum absolute atomic E-state index is 13.4. The zero-order valence-corrected chi connectivity index (χ0v) is 12.7. The normalized spacial score (nSPS) is 10.1. The second kappa shape index (κ2) is 7.24. The Labute approximate surface area is 136 Å². The van der Waals surface area contributed by atoms with Crippen LogP contribution in [0.2, 0.25) is 10.0 Å². The monoisotopic (exact) mass is 340 g/mol. The highest BCUT2D eigenvalue weighted by atomic mass is 35.5. The van der Waals surface area contributed by atoms with Crippen LogP contribution in [0.4, 0.5) is 4.39 Å². The fourth-order valence-electron chi connectivity index (χ4n) is 1.72. The molecule has 2 rings (SSSR count). The number of nitrogens with one attached hydrogen (secondary N) is 2. The third-order valence-electron chi connectivity index (χ3n) is 2.78. The number of carbonyl (C=O) groups excluding carboxylic acids is 2. The van der Waals surface area contributed by atoms with Crippen LogP contribution < -0.4 is 10.9 Å². The molecule has 2 aromatic carbocycles. The molecule has 0 bridgehead atoms. The lowest BCUT2D eigenvalue weighted by Gasteiger charge is -2.08. The number of carbonyl (C=O) groups is 2. The van der Waals surface area contributed by atoms with Crippen LogP contribution in [0.25, 0.3) is 0 Å². The van der Waals surface area contributed by atoms with E-state index in [4.69, 9.17) is 23.2 Å². The Morgan fingerprint density at radius 1 is 1.00 bits per heavy atom. The minimum Gasteiger partial charge on any atom is -0.273 e. The summed E-state index contributed by atoms with van der Waals surface area (Å²) in [6.45, 7) is 0. The quantitative estimate of drug-likeness (QED) is 0.843. The number of hydrogen-bond donors (Lipinski definition) is 2. The van der Waals surface area contributed by atoms with Crippen molar-refractivity contribution >= 4 is 35.0 Å². The van der Waals surface area contributed by atoms with Crippen LogP contribution in [0, 0.1) is 5.82 Å². The van der Waals surface area contributed by atoms with Gasteiger partial charge in [0.2, 0.25) is 5.91 Å². The number of hydrogen-bond acceptors (Lipinski definition) is 2. The first-order valence-electron chi connectivity index (χ1n) is 6.25. The van der Waals surface area contributed by atoms with Crippen molar-refractivity contribution in [3.8, 4) is 0 Å². The van der Waals surface area contributed by atoms with Crippen LogP contribution in [0.1, 0.15) is 15.9 Å². The molecule has 2 aromatic rings. The maximum atomic E-state index is 13.4. The summed E-state index contributed by atoms with van der Waals surface area (Å²) in [6.07, 6.45) is -0.00552. The second-order valence-corrected chi connectivity index (χ2v) is 5.22. The average Bonchev–Trinajstić information content (AvgIpc) is 2.49. The van der Waals surface area contributed by atoms with Gasteiger partial charge in [-0.15, -0.1) is 0 Å². The first kappa shape index (κ1) is 16.3. The molecule has 0 heterocycles. The number of amides is 2. The fraction of sp³-hybridized carbons (Fsp3) is 0.0667. The van der Waals surface area contributed by atoms with Crippen LogP contribution in [-0.2, 0) is 11.2 Å². The summed E-state index contributed by atoms with van der Waals surface area (Å²) in [4.78, 5) is 23.5. The third kappa shape index (κ3) is 4.19. The molecule has 0 unspecified atom stereocenters. The van der Waals surface area contributed by atoms with E-state index < -0.39 is 17.6 Å². The summed E-state index contributed by atoms with van der Waals surface area (Å²) in [5, 5.41) is 0.723. The summed E-state index contributed by atoms with van der Waals surface area (Å²) >= 11 is 11.6. The number of rotatable bonds is 3. The standard InChI is InChI=1S/C15H11Cl2FN2O2/c16-11-6-5-9(7-12(11)17)8-14(21)19-20-15(22)10-3-1-2-4-13(10)18/h1-7H,8H2,(H,19,21)(H,20,22). The smallest absolute Gasteiger partial charge is 0.272 e. The average molecular weight is 341 g/mol. The maximum Gasteiger partial charge on any atom is 0.272 e. The number of halogens is 3. The van der Waals surface area contributed by atoms with Gasteiger partial charge in [0.25, 0.3) is 5.91 Å². The van der Waals surface area contributed by atoms with Crippen molar-refractivity contribution in [3.05, 3.63) is 69.5 Å². The zero-order chi connectivity index (χ0) is 16.1. The van der Waals surface area contributed by atoms with Gasteiger partial charge in [-0.1, -0.05) is 41.4 Å². The van der Waals surface area contributed by atoms with Crippen LogP contribution in [0.15, 0.2) is 42.5 Å². The van der Waals surface area contributed by atoms with E-state index >= 15 is 0 Å². The molecule has 0 saturated carbocycles. The van der Waals surface area contributed by atoms with Crippen molar-refractivity contribution in [3.63, 3.8) is 0 Å². The number of benzene rings is 2. The van der Waals surface area contributed by atoms with Crippen molar-refractivity contribution < 1.29 is 14.0 Å². The molecule has 4 nitrogen and oxygen atoms in total. The Bertz CT molecular complexity index is 722. The van der Waals surface area contributed by atoms with E-state index in [2.05, 4.69) is 10.9 Å². The summed E-state index contributed by atoms with van der Waals surface area (Å²) < 4.78 is 13.4. The predicted octanol–water partition coefficient (Wildman–Crippen LogP) is 3.14. The zero-order valence-electron chi connectivity index (χ0n) is 11.2. The lowest BCUT2D eigenvalue weighted by molar-refractivity contribution is -0.121. The molecule has 0 aromatic heterocycles. The molecule has 0 aliphatic carbocycles. The summed E-state index contributed by atoms with van der Waals surface area (Å²) in [6, 6.07) is 10.2. The van der Waals surface area contributed by atoms with E-state index in [1.165, 1.54) is 18.2 Å². The minimum atomic E-state index is -0.736. The van der Waals surface area contributed by atoms with Crippen molar-refractivity contribution in [2.45, 2.75) is 6.42 Å². The first-order valence-corrected chi connectivity index (χ1v) is 7.00. The van der Waals surface area contributed by atoms with Gasteiger partial charge in [0.1, 0.15) is 5.82 Å². The second-order valence-electron chi connectivity index (χ2n) is 4.41. The molecule has 22 heavy (non-hydrogen) atoms. The van der Waals surface area contributed by atoms with Crippen molar-refractivity contribution in [1.82, 2.24) is 10.9 Å². The highest BCUT2D eigenvalue weighted by Gasteiger charge is 2.12. The molecule has 0 fully saturated rings. The van der Waals surface area contributed by atoms with Crippen LogP contribution in [-0.4, -0.2) is 11.8 Å². The summed E-state index contributed by atoms with van der Waals surface area (Å²) in [7, 11) is 0. The molecule has 0 atom stereocenters. The van der Waals surface area contributed by atoms with Crippen molar-refractivity contribution in [1.29, 1.82) is 0 Å². The molecule has 2 amide bonds. The highest BCUT2D eigenvalue weighted by Crippen LogP contribution is 2.22.